The summed E-state index contributed by atoms with van der Waals surface area (Å²) in [4.78, 5) is 16.9. The van der Waals surface area contributed by atoms with Gasteiger partial charge in [0.1, 0.15) is 0 Å². The van der Waals surface area contributed by atoms with Gasteiger partial charge in [0.2, 0.25) is 0 Å². The first-order chi connectivity index (χ1) is 9.58. The summed E-state index contributed by atoms with van der Waals surface area (Å²) in [6.45, 7) is 2.05. The Balaban J connectivity index is 1.86. The maximum atomic E-state index is 11.4. The van der Waals surface area contributed by atoms with E-state index in [1.54, 1.807) is 11.8 Å². The van der Waals surface area contributed by atoms with Crippen LogP contribution in [0, 0.1) is 5.41 Å². The number of nitrogens with zero attached hydrogens (tertiary/aromatic N) is 1. The van der Waals surface area contributed by atoms with Gasteiger partial charge in [-0.3, -0.25) is 9.78 Å². The molecule has 110 valence electrons. The smallest absolute Gasteiger partial charge is 0.306 e. The lowest BCUT2D eigenvalue weighted by atomic mass is 10.1. The summed E-state index contributed by atoms with van der Waals surface area (Å²) in [6.07, 6.45) is 5.52. The minimum absolute atomic E-state index is 0.0168. The second-order valence-electron chi connectivity index (χ2n) is 5.48. The van der Waals surface area contributed by atoms with E-state index in [1.165, 1.54) is 7.11 Å². The Morgan fingerprint density at radius 3 is 2.80 bits per heavy atom. The average Bonchev–Trinajstić information content (AvgIpc) is 3.24. The highest BCUT2D eigenvalue weighted by Gasteiger charge is 2.44. The normalized spacial score (nSPS) is 17.6. The lowest BCUT2D eigenvalue weighted by Crippen LogP contribution is -2.13. The molecule has 4 nitrogen and oxygen atoms in total. The molecule has 0 spiro atoms. The molecule has 0 aliphatic heterocycles. The minimum Gasteiger partial charge on any atom is -0.469 e. The van der Waals surface area contributed by atoms with E-state index in [4.69, 9.17) is 10.5 Å². The molecule has 1 fully saturated rings. The molecule has 1 aromatic heterocycles. The molecular weight excluding hydrogens is 272 g/mol. The van der Waals surface area contributed by atoms with Gasteiger partial charge in [-0.25, -0.2) is 0 Å². The van der Waals surface area contributed by atoms with Crippen LogP contribution in [0.3, 0.4) is 0 Å². The maximum Gasteiger partial charge on any atom is 0.306 e. The van der Waals surface area contributed by atoms with Gasteiger partial charge in [-0.05, 0) is 36.8 Å². The van der Waals surface area contributed by atoms with Crippen molar-refractivity contribution in [2.75, 3.05) is 12.9 Å². The molecule has 1 saturated carbocycles. The number of ether oxygens (including phenoxy) is 1. The van der Waals surface area contributed by atoms with Gasteiger partial charge in [-0.2, -0.15) is 0 Å². The maximum absolute atomic E-state index is 11.4. The Morgan fingerprint density at radius 1 is 1.55 bits per heavy atom. The lowest BCUT2D eigenvalue weighted by Gasteiger charge is -2.13. The Morgan fingerprint density at radius 2 is 2.30 bits per heavy atom. The van der Waals surface area contributed by atoms with Crippen LogP contribution in [0.5, 0.6) is 0 Å². The third-order valence-corrected chi connectivity index (χ3v) is 5.16. The van der Waals surface area contributed by atoms with Gasteiger partial charge in [0, 0.05) is 22.9 Å². The van der Waals surface area contributed by atoms with Gasteiger partial charge < -0.3 is 10.5 Å². The SMILES string of the molecule is CCC(N)c1ccc(SCC2(CC(=O)OC)CC2)cn1. The van der Waals surface area contributed by atoms with Crippen molar-refractivity contribution in [2.45, 2.75) is 43.5 Å². The summed E-state index contributed by atoms with van der Waals surface area (Å²) >= 11 is 1.76. The fraction of sp³-hybridized carbons (Fsp3) is 0.600. The van der Waals surface area contributed by atoms with E-state index in [0.717, 1.165) is 35.6 Å². The van der Waals surface area contributed by atoms with Gasteiger partial charge in [-0.1, -0.05) is 6.92 Å². The number of esters is 1. The van der Waals surface area contributed by atoms with Gasteiger partial charge >= 0.3 is 5.97 Å². The molecule has 0 amide bonds. The van der Waals surface area contributed by atoms with E-state index in [1.807, 2.05) is 12.3 Å². The number of thioether (sulfide) groups is 1. The van der Waals surface area contributed by atoms with Crippen LogP contribution in [-0.4, -0.2) is 23.8 Å². The van der Waals surface area contributed by atoms with E-state index in [9.17, 15) is 4.79 Å². The first-order valence-electron chi connectivity index (χ1n) is 7.00. The summed E-state index contributed by atoms with van der Waals surface area (Å²) < 4.78 is 4.76. The third kappa shape index (κ3) is 3.96. The Labute approximate surface area is 124 Å². The van der Waals surface area contributed by atoms with Crippen molar-refractivity contribution in [3.8, 4) is 0 Å². The predicted octanol–water partition coefficient (Wildman–Crippen LogP) is 2.93. The van der Waals surface area contributed by atoms with Gasteiger partial charge in [-0.15, -0.1) is 11.8 Å². The van der Waals surface area contributed by atoms with Crippen LogP contribution < -0.4 is 5.73 Å². The average molecular weight is 294 g/mol. The summed E-state index contributed by atoms with van der Waals surface area (Å²) in [7, 11) is 1.45. The van der Waals surface area contributed by atoms with Crippen LogP contribution >= 0.6 is 11.8 Å². The van der Waals surface area contributed by atoms with Crippen LogP contribution in [0.15, 0.2) is 23.2 Å². The van der Waals surface area contributed by atoms with E-state index < -0.39 is 0 Å². The van der Waals surface area contributed by atoms with Crippen molar-refractivity contribution in [1.82, 2.24) is 4.98 Å². The monoisotopic (exact) mass is 294 g/mol. The highest BCUT2D eigenvalue weighted by molar-refractivity contribution is 7.99. The number of pyridine rings is 1. The van der Waals surface area contributed by atoms with E-state index in [0.29, 0.717) is 6.42 Å². The standard InChI is InChI=1S/C15H22N2O2S/c1-3-12(16)13-5-4-11(9-17-13)20-10-15(6-7-15)8-14(18)19-2/h4-5,9,12H,3,6-8,10,16H2,1-2H3. The van der Waals surface area contributed by atoms with Crippen LogP contribution in [-0.2, 0) is 9.53 Å². The Kier molecular flexibility index (Phi) is 5.05. The molecule has 1 aliphatic rings. The van der Waals surface area contributed by atoms with Crippen molar-refractivity contribution in [2.24, 2.45) is 11.1 Å². The highest BCUT2D eigenvalue weighted by Crippen LogP contribution is 2.52. The van der Waals surface area contributed by atoms with Crippen molar-refractivity contribution < 1.29 is 9.53 Å². The molecule has 0 aromatic carbocycles. The molecule has 2 rings (SSSR count). The van der Waals surface area contributed by atoms with E-state index in [2.05, 4.69) is 18.0 Å². The number of carbonyl (C=O) groups is 1. The first kappa shape index (κ1) is 15.3. The first-order valence-corrected chi connectivity index (χ1v) is 7.98. The molecular formula is C15H22N2O2S. The van der Waals surface area contributed by atoms with E-state index in [-0.39, 0.29) is 17.4 Å². The second kappa shape index (κ2) is 6.59. The summed E-state index contributed by atoms with van der Waals surface area (Å²) in [5.74, 6) is 0.841. The Hall–Kier alpha value is -1.07. The van der Waals surface area contributed by atoms with Crippen molar-refractivity contribution in [3.63, 3.8) is 0 Å². The number of nitrogens with two attached hydrogens (primary N) is 1. The molecule has 5 heteroatoms. The zero-order chi connectivity index (χ0) is 14.6. The number of hydrogen-bond acceptors (Lipinski definition) is 5. The number of methoxy groups -OCH3 is 1. The molecule has 1 aromatic rings. The van der Waals surface area contributed by atoms with Gasteiger partial charge in [0.05, 0.1) is 19.2 Å². The number of aromatic nitrogens is 1. The largest absolute Gasteiger partial charge is 0.469 e. The topological polar surface area (TPSA) is 65.2 Å². The molecule has 0 bridgehead atoms. The third-order valence-electron chi connectivity index (χ3n) is 3.83. The number of rotatable bonds is 7. The molecule has 1 unspecified atom stereocenters. The molecule has 0 radical (unpaired) electrons. The van der Waals surface area contributed by atoms with Gasteiger partial charge in [0.15, 0.2) is 0 Å². The minimum atomic E-state index is -0.106. The van der Waals surface area contributed by atoms with Crippen LogP contribution in [0.1, 0.15) is 44.3 Å². The zero-order valence-electron chi connectivity index (χ0n) is 12.1. The summed E-state index contributed by atoms with van der Waals surface area (Å²) in [6, 6.07) is 4.08. The van der Waals surface area contributed by atoms with Gasteiger partial charge in [0.25, 0.3) is 0 Å². The highest BCUT2D eigenvalue weighted by atomic mass is 32.2. The molecule has 0 saturated heterocycles. The zero-order valence-corrected chi connectivity index (χ0v) is 12.9. The number of hydrogen-bond donors (Lipinski definition) is 1. The number of carbonyl (C=O) groups excluding carboxylic acids is 1. The quantitative estimate of drug-likeness (QED) is 0.618. The van der Waals surface area contributed by atoms with E-state index >= 15 is 0 Å². The van der Waals surface area contributed by atoms with Crippen LogP contribution in [0.25, 0.3) is 0 Å². The van der Waals surface area contributed by atoms with Crippen LogP contribution in [0.2, 0.25) is 0 Å². The van der Waals surface area contributed by atoms with Crippen molar-refractivity contribution in [1.29, 1.82) is 0 Å². The predicted molar refractivity (Wildman–Crippen MR) is 80.5 cm³/mol. The van der Waals surface area contributed by atoms with Crippen molar-refractivity contribution >= 4 is 17.7 Å². The molecule has 1 aliphatic carbocycles. The molecule has 1 atom stereocenters. The second-order valence-corrected chi connectivity index (χ2v) is 6.52. The van der Waals surface area contributed by atoms with Crippen molar-refractivity contribution in [3.05, 3.63) is 24.0 Å². The Bertz CT molecular complexity index is 457. The summed E-state index contributed by atoms with van der Waals surface area (Å²) in [5.41, 5.74) is 7.03. The molecule has 1 heterocycles. The van der Waals surface area contributed by atoms with Crippen LogP contribution in [0.4, 0.5) is 0 Å². The lowest BCUT2D eigenvalue weighted by molar-refractivity contribution is -0.141. The molecule has 20 heavy (non-hydrogen) atoms. The fourth-order valence-corrected chi connectivity index (χ4v) is 3.22. The summed E-state index contributed by atoms with van der Waals surface area (Å²) in [5, 5.41) is 0. The fourth-order valence-electron chi connectivity index (χ4n) is 2.07. The molecule has 2 N–H and O–H groups in total.